The van der Waals surface area contributed by atoms with Crippen molar-refractivity contribution in [2.45, 2.75) is 45.2 Å². The van der Waals surface area contributed by atoms with Gasteiger partial charge in [0.1, 0.15) is 0 Å². The number of rotatable bonds is 7. The minimum absolute atomic E-state index is 0.00962. The van der Waals surface area contributed by atoms with Crippen molar-refractivity contribution in [3.63, 3.8) is 0 Å². The molecule has 0 radical (unpaired) electrons. The molecule has 8 nitrogen and oxygen atoms in total. The first kappa shape index (κ1) is 19.0. The third-order valence-electron chi connectivity index (χ3n) is 4.59. The van der Waals surface area contributed by atoms with E-state index >= 15 is 0 Å². The van der Waals surface area contributed by atoms with Crippen LogP contribution in [0.2, 0.25) is 0 Å². The van der Waals surface area contributed by atoms with Crippen LogP contribution in [-0.4, -0.2) is 39.9 Å². The van der Waals surface area contributed by atoms with E-state index in [0.717, 1.165) is 43.6 Å². The van der Waals surface area contributed by atoms with Crippen molar-refractivity contribution < 1.29 is 9.59 Å². The Balaban J connectivity index is 1.50. The van der Waals surface area contributed by atoms with Crippen molar-refractivity contribution in [1.82, 2.24) is 25.6 Å². The number of nitrogens with zero attached hydrogens (tertiary/aromatic N) is 3. The minimum Gasteiger partial charge on any atom is -0.347 e. The van der Waals surface area contributed by atoms with Gasteiger partial charge in [-0.25, -0.2) is 4.68 Å². The van der Waals surface area contributed by atoms with E-state index < -0.39 is 0 Å². The van der Waals surface area contributed by atoms with Gasteiger partial charge in [-0.3, -0.25) is 9.59 Å². The highest BCUT2D eigenvalue weighted by atomic mass is 16.2. The summed E-state index contributed by atoms with van der Waals surface area (Å²) in [6.45, 7) is 4.28. The zero-order valence-corrected chi connectivity index (χ0v) is 15.6. The lowest BCUT2D eigenvalue weighted by Crippen LogP contribution is -2.29. The standard InChI is InChI=1S/C19H26N6O2/c1-2-3-18(26)22-15-6-4-14(5-7-15)12-21-19(27)17-13-25(24-23-17)16-8-10-20-11-9-16/h4-7,13,16,20H,2-3,8-12H2,1H3,(H,21,27)(H,22,26). The van der Waals surface area contributed by atoms with Crippen molar-refractivity contribution in [1.29, 1.82) is 0 Å². The number of carbonyl (C=O) groups is 2. The summed E-state index contributed by atoms with van der Waals surface area (Å²) in [6.07, 6.45) is 5.03. The number of anilines is 1. The van der Waals surface area contributed by atoms with Crippen LogP contribution in [0.25, 0.3) is 0 Å². The summed E-state index contributed by atoms with van der Waals surface area (Å²) in [4.78, 5) is 23.9. The first-order chi connectivity index (χ1) is 13.2. The Morgan fingerprint density at radius 2 is 1.96 bits per heavy atom. The summed E-state index contributed by atoms with van der Waals surface area (Å²) in [7, 11) is 0. The summed E-state index contributed by atoms with van der Waals surface area (Å²) in [6, 6.07) is 7.74. The molecule has 2 aromatic rings. The number of carbonyl (C=O) groups excluding carboxylic acids is 2. The van der Waals surface area contributed by atoms with Gasteiger partial charge < -0.3 is 16.0 Å². The summed E-state index contributed by atoms with van der Waals surface area (Å²) >= 11 is 0. The molecule has 0 aliphatic carbocycles. The molecule has 0 atom stereocenters. The minimum atomic E-state index is -0.240. The predicted molar refractivity (Wildman–Crippen MR) is 102 cm³/mol. The maximum Gasteiger partial charge on any atom is 0.273 e. The Morgan fingerprint density at radius 3 is 2.67 bits per heavy atom. The zero-order chi connectivity index (χ0) is 19.1. The summed E-state index contributed by atoms with van der Waals surface area (Å²) in [5.74, 6) is -0.231. The number of amides is 2. The molecule has 27 heavy (non-hydrogen) atoms. The number of hydrogen-bond donors (Lipinski definition) is 3. The number of piperidine rings is 1. The molecule has 3 rings (SSSR count). The summed E-state index contributed by atoms with van der Waals surface area (Å²) < 4.78 is 1.80. The molecule has 1 fully saturated rings. The molecule has 1 saturated heterocycles. The van der Waals surface area contributed by atoms with E-state index in [9.17, 15) is 9.59 Å². The van der Waals surface area contributed by atoms with Gasteiger partial charge in [0, 0.05) is 18.7 Å². The van der Waals surface area contributed by atoms with E-state index in [1.165, 1.54) is 0 Å². The third kappa shape index (κ3) is 5.37. The summed E-state index contributed by atoms with van der Waals surface area (Å²) in [5.41, 5.74) is 2.04. The zero-order valence-electron chi connectivity index (χ0n) is 15.6. The number of nitrogens with one attached hydrogen (secondary N) is 3. The lowest BCUT2D eigenvalue weighted by atomic mass is 10.1. The maximum absolute atomic E-state index is 12.3. The normalized spacial score (nSPS) is 14.7. The van der Waals surface area contributed by atoms with Gasteiger partial charge in [0.15, 0.2) is 5.69 Å². The number of hydrogen-bond acceptors (Lipinski definition) is 5. The topological polar surface area (TPSA) is 101 Å². The van der Waals surface area contributed by atoms with E-state index in [1.54, 1.807) is 10.9 Å². The quantitative estimate of drug-likeness (QED) is 0.691. The van der Waals surface area contributed by atoms with Crippen LogP contribution in [-0.2, 0) is 11.3 Å². The summed E-state index contributed by atoms with van der Waals surface area (Å²) in [5, 5.41) is 17.1. The highest BCUT2D eigenvalue weighted by Gasteiger charge is 2.18. The van der Waals surface area contributed by atoms with Gasteiger partial charge in [0.25, 0.3) is 5.91 Å². The number of benzene rings is 1. The van der Waals surface area contributed by atoms with Crippen LogP contribution in [0, 0.1) is 0 Å². The van der Waals surface area contributed by atoms with E-state index in [4.69, 9.17) is 0 Å². The van der Waals surface area contributed by atoms with Gasteiger partial charge in [-0.1, -0.05) is 24.3 Å². The van der Waals surface area contributed by atoms with Crippen LogP contribution in [0.15, 0.2) is 30.5 Å². The number of aromatic nitrogens is 3. The lowest BCUT2D eigenvalue weighted by molar-refractivity contribution is -0.116. The van der Waals surface area contributed by atoms with E-state index in [1.807, 2.05) is 31.2 Å². The molecule has 2 heterocycles. The molecule has 1 aromatic carbocycles. The Labute approximate surface area is 158 Å². The molecule has 3 N–H and O–H groups in total. The molecule has 1 aliphatic rings. The van der Waals surface area contributed by atoms with E-state index in [-0.39, 0.29) is 11.8 Å². The Hall–Kier alpha value is -2.74. The van der Waals surface area contributed by atoms with Crippen molar-refractivity contribution >= 4 is 17.5 Å². The van der Waals surface area contributed by atoms with Crippen LogP contribution in [0.4, 0.5) is 5.69 Å². The Morgan fingerprint density at radius 1 is 1.22 bits per heavy atom. The van der Waals surface area contributed by atoms with Crippen molar-refractivity contribution in [3.8, 4) is 0 Å². The van der Waals surface area contributed by atoms with Crippen molar-refractivity contribution in [2.24, 2.45) is 0 Å². The molecule has 144 valence electrons. The molecule has 8 heteroatoms. The molecule has 1 aromatic heterocycles. The fourth-order valence-electron chi connectivity index (χ4n) is 3.06. The molecule has 0 unspecified atom stereocenters. The smallest absolute Gasteiger partial charge is 0.273 e. The van der Waals surface area contributed by atoms with Crippen molar-refractivity contribution in [2.75, 3.05) is 18.4 Å². The van der Waals surface area contributed by atoms with Crippen molar-refractivity contribution in [3.05, 3.63) is 41.7 Å². The molecule has 0 saturated carbocycles. The van der Waals surface area contributed by atoms with E-state index in [0.29, 0.717) is 24.7 Å². The second-order valence-corrected chi connectivity index (χ2v) is 6.74. The van der Waals surface area contributed by atoms with Crippen LogP contribution in [0.1, 0.15) is 54.7 Å². The van der Waals surface area contributed by atoms with Gasteiger partial charge in [-0.2, -0.15) is 0 Å². The highest BCUT2D eigenvalue weighted by molar-refractivity contribution is 5.92. The lowest BCUT2D eigenvalue weighted by Gasteiger charge is -2.22. The van der Waals surface area contributed by atoms with Gasteiger partial charge in [-0.15, -0.1) is 5.10 Å². The van der Waals surface area contributed by atoms with Crippen LogP contribution in [0.3, 0.4) is 0 Å². The molecule has 1 aliphatic heterocycles. The molecule has 0 bridgehead atoms. The second kappa shape index (κ2) is 9.27. The second-order valence-electron chi connectivity index (χ2n) is 6.74. The third-order valence-corrected chi connectivity index (χ3v) is 4.59. The van der Waals surface area contributed by atoms with Gasteiger partial charge in [-0.05, 0) is 50.0 Å². The van der Waals surface area contributed by atoms with E-state index in [2.05, 4.69) is 26.3 Å². The molecule has 0 spiro atoms. The SMILES string of the molecule is CCCC(=O)Nc1ccc(CNC(=O)c2cn(C3CCNCC3)nn2)cc1. The van der Waals surface area contributed by atoms with Crippen LogP contribution in [0.5, 0.6) is 0 Å². The molecular weight excluding hydrogens is 344 g/mol. The Bertz CT molecular complexity index is 765. The largest absolute Gasteiger partial charge is 0.347 e. The average molecular weight is 370 g/mol. The first-order valence-corrected chi connectivity index (χ1v) is 9.45. The predicted octanol–water partition coefficient (Wildman–Crippen LogP) is 1.87. The average Bonchev–Trinajstić information content (AvgIpc) is 3.18. The van der Waals surface area contributed by atoms with Crippen LogP contribution >= 0.6 is 0 Å². The monoisotopic (exact) mass is 370 g/mol. The van der Waals surface area contributed by atoms with Gasteiger partial charge >= 0.3 is 0 Å². The highest BCUT2D eigenvalue weighted by Crippen LogP contribution is 2.17. The fourth-order valence-corrected chi connectivity index (χ4v) is 3.06. The van der Waals surface area contributed by atoms with Gasteiger partial charge in [0.05, 0.1) is 12.2 Å². The molecular formula is C19H26N6O2. The Kier molecular flexibility index (Phi) is 6.54. The first-order valence-electron chi connectivity index (χ1n) is 9.45. The fraction of sp³-hybridized carbons (Fsp3) is 0.474. The molecule has 2 amide bonds. The van der Waals surface area contributed by atoms with Gasteiger partial charge in [0.2, 0.25) is 5.91 Å². The maximum atomic E-state index is 12.3. The van der Waals surface area contributed by atoms with Crippen LogP contribution < -0.4 is 16.0 Å².